The van der Waals surface area contributed by atoms with Crippen molar-refractivity contribution in [1.29, 1.82) is 0 Å². The van der Waals surface area contributed by atoms with Crippen molar-refractivity contribution in [3.05, 3.63) is 71.8 Å². The summed E-state index contributed by atoms with van der Waals surface area (Å²) in [7, 11) is 0. The molecule has 0 aliphatic carbocycles. The normalized spacial score (nSPS) is 10.9. The highest BCUT2D eigenvalue weighted by Gasteiger charge is 2.21. The van der Waals surface area contributed by atoms with Crippen molar-refractivity contribution in [2.45, 2.75) is 26.7 Å². The molecular weight excluding hydrogens is 345 g/mol. The highest BCUT2D eigenvalue weighted by molar-refractivity contribution is 6.05. The van der Waals surface area contributed by atoms with E-state index in [0.29, 0.717) is 23.5 Å². The third-order valence-corrected chi connectivity index (χ3v) is 4.09. The molecule has 6 heteroatoms. The van der Waals surface area contributed by atoms with Gasteiger partial charge in [0.1, 0.15) is 11.6 Å². The van der Waals surface area contributed by atoms with E-state index in [9.17, 15) is 9.18 Å². The molecule has 0 atom stereocenters. The molecule has 1 heterocycles. The Kier molecular flexibility index (Phi) is 5.54. The van der Waals surface area contributed by atoms with Crippen molar-refractivity contribution in [1.82, 2.24) is 9.78 Å². The van der Waals surface area contributed by atoms with Crippen molar-refractivity contribution in [2.24, 2.45) is 0 Å². The van der Waals surface area contributed by atoms with Gasteiger partial charge in [0.2, 0.25) is 0 Å². The van der Waals surface area contributed by atoms with E-state index >= 15 is 0 Å². The Hall–Kier alpha value is -3.15. The first-order valence-electron chi connectivity index (χ1n) is 8.87. The quantitative estimate of drug-likeness (QED) is 0.682. The number of nitrogens with one attached hydrogen (secondary N) is 1. The van der Waals surface area contributed by atoms with Crippen LogP contribution in [0.15, 0.2) is 54.7 Å². The lowest BCUT2D eigenvalue weighted by molar-refractivity contribution is 0.102. The molecule has 1 aromatic heterocycles. The number of rotatable bonds is 6. The lowest BCUT2D eigenvalue weighted by atomic mass is 10.0. The van der Waals surface area contributed by atoms with E-state index in [1.54, 1.807) is 35.1 Å². The maximum Gasteiger partial charge on any atom is 0.259 e. The largest absolute Gasteiger partial charge is 0.494 e. The molecule has 3 rings (SSSR count). The van der Waals surface area contributed by atoms with E-state index in [2.05, 4.69) is 10.4 Å². The van der Waals surface area contributed by atoms with Gasteiger partial charge in [-0.25, -0.2) is 9.07 Å². The molecule has 0 radical (unpaired) electrons. The predicted octanol–water partition coefficient (Wildman–Crippen LogP) is 4.79. The van der Waals surface area contributed by atoms with Gasteiger partial charge < -0.3 is 10.1 Å². The van der Waals surface area contributed by atoms with Gasteiger partial charge in [0.25, 0.3) is 5.91 Å². The Bertz CT molecular complexity index is 916. The van der Waals surface area contributed by atoms with Gasteiger partial charge in [0.15, 0.2) is 0 Å². The Balaban J connectivity index is 1.87. The van der Waals surface area contributed by atoms with Crippen LogP contribution >= 0.6 is 0 Å². The number of anilines is 1. The Morgan fingerprint density at radius 3 is 2.41 bits per heavy atom. The first-order valence-corrected chi connectivity index (χ1v) is 8.87. The zero-order valence-electron chi connectivity index (χ0n) is 15.6. The Morgan fingerprint density at radius 2 is 1.81 bits per heavy atom. The molecule has 0 aliphatic heterocycles. The molecule has 0 unspecified atom stereocenters. The summed E-state index contributed by atoms with van der Waals surface area (Å²) in [6.45, 7) is 6.49. The van der Waals surface area contributed by atoms with Crippen molar-refractivity contribution in [2.75, 3.05) is 11.9 Å². The Morgan fingerprint density at radius 1 is 1.15 bits per heavy atom. The van der Waals surface area contributed by atoms with Crippen LogP contribution in [0.2, 0.25) is 0 Å². The highest BCUT2D eigenvalue weighted by atomic mass is 19.1. The second kappa shape index (κ2) is 8.03. The molecule has 140 valence electrons. The number of hydrogen-bond acceptors (Lipinski definition) is 3. The van der Waals surface area contributed by atoms with Crippen LogP contribution in [0.3, 0.4) is 0 Å². The molecule has 27 heavy (non-hydrogen) atoms. The molecule has 2 aromatic carbocycles. The summed E-state index contributed by atoms with van der Waals surface area (Å²) >= 11 is 0. The number of hydrogen-bond donors (Lipinski definition) is 1. The number of benzene rings is 2. The van der Waals surface area contributed by atoms with Crippen molar-refractivity contribution in [3.63, 3.8) is 0 Å². The summed E-state index contributed by atoms with van der Waals surface area (Å²) < 4.78 is 20.3. The van der Waals surface area contributed by atoms with E-state index in [1.807, 2.05) is 32.9 Å². The molecule has 0 aliphatic rings. The first-order chi connectivity index (χ1) is 13.0. The van der Waals surface area contributed by atoms with Crippen molar-refractivity contribution in [3.8, 4) is 11.4 Å². The summed E-state index contributed by atoms with van der Waals surface area (Å²) in [5, 5.41) is 7.24. The summed E-state index contributed by atoms with van der Waals surface area (Å²) in [6, 6.07) is 13.2. The van der Waals surface area contributed by atoms with Gasteiger partial charge >= 0.3 is 0 Å². The van der Waals surface area contributed by atoms with Crippen LogP contribution in [0.1, 0.15) is 42.7 Å². The molecular formula is C21H22FN3O2. The Labute approximate surface area is 157 Å². The van der Waals surface area contributed by atoms with Crippen LogP contribution in [-0.4, -0.2) is 22.3 Å². The van der Waals surface area contributed by atoms with E-state index in [-0.39, 0.29) is 17.6 Å². The smallest absolute Gasteiger partial charge is 0.259 e. The fourth-order valence-electron chi connectivity index (χ4n) is 2.88. The second-order valence-electron chi connectivity index (χ2n) is 6.40. The molecule has 0 bridgehead atoms. The molecule has 0 spiro atoms. The number of halogens is 1. The lowest BCUT2D eigenvalue weighted by Crippen LogP contribution is -2.15. The average Bonchev–Trinajstić information content (AvgIpc) is 3.10. The summed E-state index contributed by atoms with van der Waals surface area (Å²) in [4.78, 5) is 12.8. The highest BCUT2D eigenvalue weighted by Crippen LogP contribution is 2.24. The van der Waals surface area contributed by atoms with Crippen LogP contribution < -0.4 is 10.1 Å². The number of ether oxygens (including phenoxy) is 1. The van der Waals surface area contributed by atoms with Gasteiger partial charge in [-0.2, -0.15) is 5.10 Å². The molecule has 0 saturated carbocycles. The SMILES string of the molecule is CCOc1ccc(NC(=O)c2cnn(-c3ccc(F)cc3)c2C(C)C)cc1. The predicted molar refractivity (Wildman–Crippen MR) is 103 cm³/mol. The average molecular weight is 367 g/mol. The summed E-state index contributed by atoms with van der Waals surface area (Å²) in [6.07, 6.45) is 1.54. The zero-order valence-corrected chi connectivity index (χ0v) is 15.6. The summed E-state index contributed by atoms with van der Waals surface area (Å²) in [5.41, 5.74) is 2.64. The zero-order chi connectivity index (χ0) is 19.4. The molecule has 1 N–H and O–H groups in total. The van der Waals surface area contributed by atoms with Crippen molar-refractivity contribution < 1.29 is 13.9 Å². The third kappa shape index (κ3) is 4.16. The van der Waals surface area contributed by atoms with Gasteiger partial charge in [-0.1, -0.05) is 13.8 Å². The number of nitrogens with zero attached hydrogens (tertiary/aromatic N) is 2. The maximum atomic E-state index is 13.2. The minimum absolute atomic E-state index is 0.0543. The van der Waals surface area contributed by atoms with E-state index in [1.165, 1.54) is 12.1 Å². The lowest BCUT2D eigenvalue weighted by Gasteiger charge is -2.13. The van der Waals surface area contributed by atoms with Crippen LogP contribution in [0, 0.1) is 5.82 Å². The van der Waals surface area contributed by atoms with Gasteiger partial charge in [-0.3, -0.25) is 4.79 Å². The molecule has 1 amide bonds. The molecule has 5 nitrogen and oxygen atoms in total. The molecule has 0 saturated heterocycles. The monoisotopic (exact) mass is 367 g/mol. The van der Waals surface area contributed by atoms with Crippen LogP contribution in [-0.2, 0) is 0 Å². The van der Waals surface area contributed by atoms with Gasteiger partial charge in [-0.15, -0.1) is 0 Å². The number of aromatic nitrogens is 2. The number of carbonyl (C=O) groups is 1. The number of carbonyl (C=O) groups excluding carboxylic acids is 1. The first kappa shape index (κ1) is 18.6. The minimum atomic E-state index is -0.314. The van der Waals surface area contributed by atoms with Crippen LogP contribution in [0.4, 0.5) is 10.1 Å². The van der Waals surface area contributed by atoms with Crippen LogP contribution in [0.5, 0.6) is 5.75 Å². The molecule has 0 fully saturated rings. The standard InChI is InChI=1S/C21H22FN3O2/c1-4-27-18-11-7-16(8-12-18)24-21(26)19-13-23-25(20(19)14(2)3)17-9-5-15(22)6-10-17/h5-14H,4H2,1-3H3,(H,24,26). The maximum absolute atomic E-state index is 13.2. The van der Waals surface area contributed by atoms with Gasteiger partial charge in [0, 0.05) is 5.69 Å². The minimum Gasteiger partial charge on any atom is -0.494 e. The molecule has 3 aromatic rings. The fraction of sp³-hybridized carbons (Fsp3) is 0.238. The van der Waals surface area contributed by atoms with Crippen LogP contribution in [0.25, 0.3) is 5.69 Å². The fourth-order valence-corrected chi connectivity index (χ4v) is 2.88. The number of amides is 1. The second-order valence-corrected chi connectivity index (χ2v) is 6.40. The van der Waals surface area contributed by atoms with E-state index < -0.39 is 0 Å². The third-order valence-electron chi connectivity index (χ3n) is 4.09. The van der Waals surface area contributed by atoms with E-state index in [0.717, 1.165) is 11.4 Å². The van der Waals surface area contributed by atoms with Gasteiger partial charge in [-0.05, 0) is 61.4 Å². The summed E-state index contributed by atoms with van der Waals surface area (Å²) in [5.74, 6) is 0.253. The topological polar surface area (TPSA) is 56.1 Å². The van der Waals surface area contributed by atoms with Crippen molar-refractivity contribution >= 4 is 11.6 Å². The van der Waals surface area contributed by atoms with E-state index in [4.69, 9.17) is 4.74 Å². The van der Waals surface area contributed by atoms with Gasteiger partial charge in [0.05, 0.1) is 29.7 Å².